The summed E-state index contributed by atoms with van der Waals surface area (Å²) in [6.07, 6.45) is 0. The van der Waals surface area contributed by atoms with Crippen LogP contribution in [-0.4, -0.2) is 18.4 Å². The van der Waals surface area contributed by atoms with Gasteiger partial charge in [-0.1, -0.05) is 30.3 Å². The Morgan fingerprint density at radius 2 is 1.60 bits per heavy atom. The van der Waals surface area contributed by atoms with E-state index in [1.807, 2.05) is 6.07 Å². The predicted octanol–water partition coefficient (Wildman–Crippen LogP) is 3.14. The minimum absolute atomic E-state index is 0.403. The Balaban J connectivity index is 1.98. The molecule has 132 valence electrons. The molecular weight excluding hydrogens is 333 g/mol. The van der Waals surface area contributed by atoms with Crippen molar-refractivity contribution in [2.24, 2.45) is 0 Å². The molecule has 0 saturated carbocycles. The highest BCUT2D eigenvalue weighted by Crippen LogP contribution is 2.23. The number of hydrogen-bond donors (Lipinski definition) is 2. The van der Waals surface area contributed by atoms with E-state index in [0.29, 0.717) is 6.07 Å². The smallest absolute Gasteiger partial charge is 0.243 e. The molecule has 0 aliphatic heterocycles. The van der Waals surface area contributed by atoms with Crippen LogP contribution in [0.5, 0.6) is 0 Å². The van der Waals surface area contributed by atoms with Crippen molar-refractivity contribution in [3.63, 3.8) is 0 Å². The zero-order valence-corrected chi connectivity index (χ0v) is 13.7. The summed E-state index contributed by atoms with van der Waals surface area (Å²) in [6, 6.07) is 10.6. The van der Waals surface area contributed by atoms with Gasteiger partial charge in [0.25, 0.3) is 0 Å². The molecule has 0 heterocycles. The van der Waals surface area contributed by atoms with E-state index in [-0.39, 0.29) is 0 Å². The first-order valence-electron chi connectivity index (χ1n) is 7.50. The summed E-state index contributed by atoms with van der Waals surface area (Å²) >= 11 is 0. The fourth-order valence-corrected chi connectivity index (χ4v) is 2.18. The molecular formula is C18H17F3N2O2. The normalized spacial score (nSPS) is 11.1. The highest BCUT2D eigenvalue weighted by molar-refractivity contribution is 5.96. The van der Waals surface area contributed by atoms with Gasteiger partial charge in [-0.25, -0.2) is 13.2 Å². The molecule has 2 aromatic rings. The number of carbonyl (C=O) groups is 2. The second kappa shape index (κ2) is 7.38. The largest absolute Gasteiger partial charge is 0.346 e. The highest BCUT2D eigenvalue weighted by Gasteiger charge is 2.29. The van der Waals surface area contributed by atoms with E-state index < -0.39 is 46.9 Å². The van der Waals surface area contributed by atoms with Gasteiger partial charge in [0.1, 0.15) is 0 Å². The number of halogens is 3. The van der Waals surface area contributed by atoms with Gasteiger partial charge in [-0.3, -0.25) is 9.59 Å². The molecule has 0 saturated heterocycles. The zero-order chi connectivity index (χ0) is 18.6. The van der Waals surface area contributed by atoms with Crippen molar-refractivity contribution < 1.29 is 22.8 Å². The molecule has 0 aliphatic rings. The lowest BCUT2D eigenvalue weighted by atomic mass is 9.84. The van der Waals surface area contributed by atoms with E-state index in [4.69, 9.17) is 0 Å². The first-order valence-corrected chi connectivity index (χ1v) is 7.50. The van der Waals surface area contributed by atoms with E-state index in [1.165, 1.54) is 0 Å². The van der Waals surface area contributed by atoms with E-state index >= 15 is 0 Å². The van der Waals surface area contributed by atoms with Crippen molar-refractivity contribution in [3.8, 4) is 0 Å². The number of rotatable bonds is 5. The number of carbonyl (C=O) groups excluding carboxylic acids is 2. The Hall–Kier alpha value is -2.83. The van der Waals surface area contributed by atoms with Crippen LogP contribution in [0.1, 0.15) is 19.4 Å². The van der Waals surface area contributed by atoms with Crippen LogP contribution < -0.4 is 10.6 Å². The molecule has 2 amide bonds. The van der Waals surface area contributed by atoms with Gasteiger partial charge in [0.05, 0.1) is 17.6 Å². The molecule has 2 rings (SSSR count). The summed E-state index contributed by atoms with van der Waals surface area (Å²) in [5.41, 5.74) is -0.616. The van der Waals surface area contributed by atoms with Crippen LogP contribution in [0, 0.1) is 17.5 Å². The van der Waals surface area contributed by atoms with Gasteiger partial charge in [0, 0.05) is 0 Å². The van der Waals surface area contributed by atoms with E-state index in [1.54, 1.807) is 38.1 Å². The van der Waals surface area contributed by atoms with Gasteiger partial charge < -0.3 is 10.6 Å². The standard InChI is InChI=1S/C18H17F3N2O2/c1-18(2,11-6-4-3-5-7-11)17(25)22-10-14(24)23-13-9-8-12(19)15(20)16(13)21/h3-9H,10H2,1-2H3,(H,22,25)(H,23,24). The summed E-state index contributed by atoms with van der Waals surface area (Å²) in [4.78, 5) is 24.1. The van der Waals surface area contributed by atoms with E-state index in [0.717, 1.165) is 11.6 Å². The lowest BCUT2D eigenvalue weighted by molar-refractivity contribution is -0.127. The van der Waals surface area contributed by atoms with Crippen LogP contribution in [0.25, 0.3) is 0 Å². The van der Waals surface area contributed by atoms with Crippen LogP contribution in [0.2, 0.25) is 0 Å². The summed E-state index contributed by atoms with van der Waals surface area (Å²) in [5.74, 6) is -5.69. The second-order valence-electron chi connectivity index (χ2n) is 5.94. The Bertz CT molecular complexity index is 792. The molecule has 0 aliphatic carbocycles. The third kappa shape index (κ3) is 4.17. The van der Waals surface area contributed by atoms with Crippen molar-refractivity contribution >= 4 is 17.5 Å². The SMILES string of the molecule is CC(C)(C(=O)NCC(=O)Nc1ccc(F)c(F)c1F)c1ccccc1. The Morgan fingerprint density at radius 3 is 2.24 bits per heavy atom. The molecule has 0 unspecified atom stereocenters. The van der Waals surface area contributed by atoms with Gasteiger partial charge >= 0.3 is 0 Å². The highest BCUT2D eigenvalue weighted by atomic mass is 19.2. The fraction of sp³-hybridized carbons (Fsp3) is 0.222. The molecule has 0 radical (unpaired) electrons. The van der Waals surface area contributed by atoms with Crippen molar-refractivity contribution in [2.75, 3.05) is 11.9 Å². The predicted molar refractivity (Wildman–Crippen MR) is 87.4 cm³/mol. The fourth-order valence-electron chi connectivity index (χ4n) is 2.18. The number of hydrogen-bond acceptors (Lipinski definition) is 2. The van der Waals surface area contributed by atoms with E-state index in [2.05, 4.69) is 10.6 Å². The number of benzene rings is 2. The first-order chi connectivity index (χ1) is 11.7. The lowest BCUT2D eigenvalue weighted by Crippen LogP contribution is -2.43. The summed E-state index contributed by atoms with van der Waals surface area (Å²) in [6.45, 7) is 2.96. The van der Waals surface area contributed by atoms with Crippen LogP contribution >= 0.6 is 0 Å². The maximum atomic E-state index is 13.5. The average Bonchev–Trinajstić information content (AvgIpc) is 2.61. The molecule has 4 nitrogen and oxygen atoms in total. The monoisotopic (exact) mass is 350 g/mol. The number of amides is 2. The summed E-state index contributed by atoms with van der Waals surface area (Å²) in [7, 11) is 0. The Labute approximate surface area is 143 Å². The molecule has 2 N–H and O–H groups in total. The quantitative estimate of drug-likeness (QED) is 0.814. The molecule has 0 bridgehead atoms. The van der Waals surface area contributed by atoms with Crippen molar-refractivity contribution in [2.45, 2.75) is 19.3 Å². The summed E-state index contributed by atoms with van der Waals surface area (Å²) < 4.78 is 39.5. The molecule has 0 aromatic heterocycles. The maximum absolute atomic E-state index is 13.5. The third-order valence-electron chi connectivity index (χ3n) is 3.78. The number of anilines is 1. The average molecular weight is 350 g/mol. The molecule has 2 aromatic carbocycles. The minimum atomic E-state index is -1.67. The molecule has 7 heteroatoms. The van der Waals surface area contributed by atoms with Crippen LogP contribution in [0.3, 0.4) is 0 Å². The van der Waals surface area contributed by atoms with Crippen LogP contribution in [0.4, 0.5) is 18.9 Å². The minimum Gasteiger partial charge on any atom is -0.346 e. The lowest BCUT2D eigenvalue weighted by Gasteiger charge is -2.24. The van der Waals surface area contributed by atoms with Crippen molar-refractivity contribution in [3.05, 3.63) is 65.5 Å². The van der Waals surface area contributed by atoms with Crippen LogP contribution in [-0.2, 0) is 15.0 Å². The zero-order valence-electron chi connectivity index (χ0n) is 13.7. The van der Waals surface area contributed by atoms with Gasteiger partial charge in [-0.05, 0) is 31.5 Å². The maximum Gasteiger partial charge on any atom is 0.243 e. The second-order valence-corrected chi connectivity index (χ2v) is 5.94. The van der Waals surface area contributed by atoms with Crippen molar-refractivity contribution in [1.82, 2.24) is 5.32 Å². The van der Waals surface area contributed by atoms with Gasteiger partial charge in [-0.15, -0.1) is 0 Å². The van der Waals surface area contributed by atoms with Gasteiger partial charge in [-0.2, -0.15) is 0 Å². The Morgan fingerprint density at radius 1 is 0.960 bits per heavy atom. The number of nitrogens with one attached hydrogen (secondary N) is 2. The van der Waals surface area contributed by atoms with E-state index in [9.17, 15) is 22.8 Å². The molecule has 0 fully saturated rings. The summed E-state index contributed by atoms with van der Waals surface area (Å²) in [5, 5.41) is 4.54. The Kier molecular flexibility index (Phi) is 5.46. The topological polar surface area (TPSA) is 58.2 Å². The molecule has 25 heavy (non-hydrogen) atoms. The van der Waals surface area contributed by atoms with Gasteiger partial charge in [0.15, 0.2) is 17.5 Å². The van der Waals surface area contributed by atoms with Crippen LogP contribution in [0.15, 0.2) is 42.5 Å². The van der Waals surface area contributed by atoms with Gasteiger partial charge in [0.2, 0.25) is 11.8 Å². The molecule has 0 atom stereocenters. The van der Waals surface area contributed by atoms with Crippen molar-refractivity contribution in [1.29, 1.82) is 0 Å². The third-order valence-corrected chi connectivity index (χ3v) is 3.78. The molecule has 0 spiro atoms. The first kappa shape index (κ1) is 18.5.